The second-order valence-corrected chi connectivity index (χ2v) is 5.46. The first-order valence-corrected chi connectivity index (χ1v) is 5.88. The molecule has 1 unspecified atom stereocenters. The van der Waals surface area contributed by atoms with Crippen LogP contribution in [0.25, 0.3) is 0 Å². The molecule has 0 heterocycles. The average Bonchev–Trinajstić information content (AvgIpc) is 2.05. The van der Waals surface area contributed by atoms with Crippen LogP contribution >= 0.6 is 31.9 Å². The molecule has 1 aliphatic rings. The number of aryl methyl sites for hydroxylation is 1. The summed E-state index contributed by atoms with van der Waals surface area (Å²) in [5.74, 6) is 0. The van der Waals surface area contributed by atoms with Gasteiger partial charge in [-0.1, -0.05) is 37.9 Å². The van der Waals surface area contributed by atoms with Crippen molar-refractivity contribution < 1.29 is 0 Å². The Labute approximate surface area is 89.6 Å². The minimum atomic E-state index is 0.686. The lowest BCUT2D eigenvalue weighted by atomic mass is 9.92. The molecule has 12 heavy (non-hydrogen) atoms. The largest absolute Gasteiger partial charge is 0.0887 e. The fraction of sp³-hybridized carbons (Fsp3) is 0.400. The van der Waals surface area contributed by atoms with E-state index in [0.717, 1.165) is 0 Å². The number of rotatable bonds is 0. The number of fused-ring (bicyclic) bond motifs is 1. The van der Waals surface area contributed by atoms with E-state index in [1.807, 2.05) is 0 Å². The number of benzene rings is 1. The van der Waals surface area contributed by atoms with Crippen LogP contribution in [0.2, 0.25) is 0 Å². The third-order valence-corrected chi connectivity index (χ3v) is 3.61. The van der Waals surface area contributed by atoms with Crippen LogP contribution in [0.5, 0.6) is 0 Å². The zero-order valence-corrected chi connectivity index (χ0v) is 9.86. The molecule has 0 aliphatic heterocycles. The Morgan fingerprint density at radius 1 is 1.25 bits per heavy atom. The van der Waals surface area contributed by atoms with Crippen molar-refractivity contribution in [1.29, 1.82) is 0 Å². The monoisotopic (exact) mass is 288 g/mol. The second-order valence-electron chi connectivity index (χ2n) is 3.25. The van der Waals surface area contributed by atoms with Crippen molar-refractivity contribution in [1.82, 2.24) is 0 Å². The Bertz CT molecular complexity index is 294. The standard InChI is InChI=1S/C10H10Br2/c11-9-3-1-7-5-10(12)4-2-8(7)6-9/h1,3,6,10H,2,4-5H2. The summed E-state index contributed by atoms with van der Waals surface area (Å²) in [6.07, 6.45) is 3.66. The predicted octanol–water partition coefficient (Wildman–Crippen LogP) is 3.70. The summed E-state index contributed by atoms with van der Waals surface area (Å²) in [6.45, 7) is 0. The van der Waals surface area contributed by atoms with Gasteiger partial charge in [0.1, 0.15) is 0 Å². The molecule has 0 fully saturated rings. The first kappa shape index (κ1) is 8.76. The van der Waals surface area contributed by atoms with E-state index in [-0.39, 0.29) is 0 Å². The molecule has 0 radical (unpaired) electrons. The summed E-state index contributed by atoms with van der Waals surface area (Å²) in [7, 11) is 0. The molecule has 2 rings (SSSR count). The van der Waals surface area contributed by atoms with Gasteiger partial charge in [0, 0.05) is 9.30 Å². The summed E-state index contributed by atoms with van der Waals surface area (Å²) in [6, 6.07) is 6.60. The molecule has 0 amide bonds. The lowest BCUT2D eigenvalue weighted by Gasteiger charge is -2.20. The van der Waals surface area contributed by atoms with Crippen molar-refractivity contribution in [2.75, 3.05) is 0 Å². The highest BCUT2D eigenvalue weighted by Gasteiger charge is 2.15. The molecule has 0 bridgehead atoms. The number of halogens is 2. The van der Waals surface area contributed by atoms with Crippen LogP contribution < -0.4 is 0 Å². The van der Waals surface area contributed by atoms with Gasteiger partial charge in [0.2, 0.25) is 0 Å². The van der Waals surface area contributed by atoms with Gasteiger partial charge in [-0.05, 0) is 42.5 Å². The van der Waals surface area contributed by atoms with Gasteiger partial charge in [0.25, 0.3) is 0 Å². The molecule has 0 saturated carbocycles. The van der Waals surface area contributed by atoms with Crippen LogP contribution in [-0.2, 0) is 12.8 Å². The molecule has 1 atom stereocenters. The lowest BCUT2D eigenvalue weighted by molar-refractivity contribution is 0.711. The van der Waals surface area contributed by atoms with Crippen LogP contribution in [0.3, 0.4) is 0 Å². The minimum Gasteiger partial charge on any atom is -0.0887 e. The molecule has 1 aliphatic carbocycles. The molecule has 2 heteroatoms. The highest BCUT2D eigenvalue weighted by atomic mass is 79.9. The molecule has 64 valence electrons. The molecule has 0 nitrogen and oxygen atoms in total. The summed E-state index contributed by atoms with van der Waals surface area (Å²) in [5.41, 5.74) is 3.02. The summed E-state index contributed by atoms with van der Waals surface area (Å²) < 4.78 is 1.20. The molecule has 0 spiro atoms. The molecule has 0 aromatic heterocycles. The Hall–Kier alpha value is 0.180. The Kier molecular flexibility index (Phi) is 2.56. The maximum Gasteiger partial charge on any atom is 0.0189 e. The van der Waals surface area contributed by atoms with Gasteiger partial charge < -0.3 is 0 Å². The van der Waals surface area contributed by atoms with Gasteiger partial charge in [-0.25, -0.2) is 0 Å². The van der Waals surface area contributed by atoms with E-state index >= 15 is 0 Å². The Morgan fingerprint density at radius 3 is 2.92 bits per heavy atom. The Morgan fingerprint density at radius 2 is 2.08 bits per heavy atom. The van der Waals surface area contributed by atoms with Crippen molar-refractivity contribution in [2.24, 2.45) is 0 Å². The first-order chi connectivity index (χ1) is 5.75. The zero-order valence-electron chi connectivity index (χ0n) is 6.69. The van der Waals surface area contributed by atoms with Crippen molar-refractivity contribution in [3.8, 4) is 0 Å². The highest BCUT2D eigenvalue weighted by Crippen LogP contribution is 2.27. The summed E-state index contributed by atoms with van der Waals surface area (Å²) in [4.78, 5) is 0.686. The maximum absolute atomic E-state index is 3.66. The third kappa shape index (κ3) is 1.74. The van der Waals surface area contributed by atoms with Crippen LogP contribution in [0.15, 0.2) is 22.7 Å². The average molecular weight is 290 g/mol. The van der Waals surface area contributed by atoms with E-state index in [9.17, 15) is 0 Å². The quantitative estimate of drug-likeness (QED) is 0.639. The summed E-state index contributed by atoms with van der Waals surface area (Å²) >= 11 is 7.16. The maximum atomic E-state index is 3.66. The third-order valence-electron chi connectivity index (χ3n) is 2.34. The fourth-order valence-electron chi connectivity index (χ4n) is 1.68. The first-order valence-electron chi connectivity index (χ1n) is 4.17. The summed E-state index contributed by atoms with van der Waals surface area (Å²) in [5, 5.41) is 0. The lowest BCUT2D eigenvalue weighted by Crippen LogP contribution is -2.12. The zero-order chi connectivity index (χ0) is 8.55. The number of hydrogen-bond acceptors (Lipinski definition) is 0. The van der Waals surface area contributed by atoms with Gasteiger partial charge >= 0.3 is 0 Å². The second kappa shape index (κ2) is 3.51. The fourth-order valence-corrected chi connectivity index (χ4v) is 2.67. The van der Waals surface area contributed by atoms with E-state index in [0.29, 0.717) is 4.83 Å². The Balaban J connectivity index is 2.37. The normalized spacial score (nSPS) is 22.0. The van der Waals surface area contributed by atoms with Crippen molar-refractivity contribution in [3.05, 3.63) is 33.8 Å². The molecule has 0 N–H and O–H groups in total. The number of alkyl halides is 1. The minimum absolute atomic E-state index is 0.686. The van der Waals surface area contributed by atoms with Crippen LogP contribution in [-0.4, -0.2) is 4.83 Å². The highest BCUT2D eigenvalue weighted by molar-refractivity contribution is 9.10. The van der Waals surface area contributed by atoms with Gasteiger partial charge in [-0.15, -0.1) is 0 Å². The molecular formula is C10H10Br2. The molecule has 0 saturated heterocycles. The SMILES string of the molecule is Brc1ccc2c(c1)CCC(Br)C2. The van der Waals surface area contributed by atoms with Crippen LogP contribution in [0.4, 0.5) is 0 Å². The van der Waals surface area contributed by atoms with E-state index in [1.54, 1.807) is 0 Å². The molecule has 1 aromatic rings. The van der Waals surface area contributed by atoms with Crippen molar-refractivity contribution >= 4 is 31.9 Å². The van der Waals surface area contributed by atoms with Crippen LogP contribution in [0.1, 0.15) is 17.5 Å². The van der Waals surface area contributed by atoms with Crippen molar-refractivity contribution in [2.45, 2.75) is 24.1 Å². The predicted molar refractivity (Wildman–Crippen MR) is 58.9 cm³/mol. The topological polar surface area (TPSA) is 0 Å². The van der Waals surface area contributed by atoms with E-state index in [4.69, 9.17) is 0 Å². The van der Waals surface area contributed by atoms with Crippen LogP contribution in [0, 0.1) is 0 Å². The van der Waals surface area contributed by atoms with Crippen molar-refractivity contribution in [3.63, 3.8) is 0 Å². The van der Waals surface area contributed by atoms with E-state index in [2.05, 4.69) is 50.1 Å². The molecular weight excluding hydrogens is 280 g/mol. The van der Waals surface area contributed by atoms with E-state index < -0.39 is 0 Å². The van der Waals surface area contributed by atoms with Gasteiger partial charge in [-0.3, -0.25) is 0 Å². The molecule has 1 aromatic carbocycles. The number of hydrogen-bond donors (Lipinski definition) is 0. The smallest absolute Gasteiger partial charge is 0.0189 e. The van der Waals surface area contributed by atoms with E-state index in [1.165, 1.54) is 34.9 Å². The van der Waals surface area contributed by atoms with Gasteiger partial charge in [-0.2, -0.15) is 0 Å². The van der Waals surface area contributed by atoms with Gasteiger partial charge in [0.15, 0.2) is 0 Å². The van der Waals surface area contributed by atoms with Gasteiger partial charge in [0.05, 0.1) is 0 Å².